The number of hydrogen-bond acceptors (Lipinski definition) is 5. The third kappa shape index (κ3) is 5.28. The van der Waals surface area contributed by atoms with Gasteiger partial charge >= 0.3 is 5.69 Å². The molecule has 0 radical (unpaired) electrons. The molecule has 0 aliphatic carbocycles. The largest absolute Gasteiger partial charge is 0.473 e. The van der Waals surface area contributed by atoms with Crippen molar-refractivity contribution in [3.05, 3.63) is 124 Å². The average Bonchev–Trinajstić information content (AvgIpc) is 3.24. The molecule has 0 fully saturated rings. The topological polar surface area (TPSA) is 70.3 Å². The highest BCUT2D eigenvalue weighted by molar-refractivity contribution is 5.83. The van der Waals surface area contributed by atoms with Gasteiger partial charge in [-0.25, -0.2) is 4.79 Å². The van der Waals surface area contributed by atoms with Gasteiger partial charge in [-0.05, 0) is 60.4 Å². The lowest BCUT2D eigenvalue weighted by molar-refractivity contribution is 0.267. The first-order valence-corrected chi connectivity index (χ1v) is 13.6. The maximum Gasteiger partial charge on any atom is 0.333 e. The van der Waals surface area contributed by atoms with Crippen LogP contribution in [0.2, 0.25) is 0 Å². The second-order valence-electron chi connectivity index (χ2n) is 10.1. The lowest BCUT2D eigenvalue weighted by Gasteiger charge is -2.20. The van der Waals surface area contributed by atoms with E-state index in [1.54, 1.807) is 22.2 Å². The number of rotatable bonds is 8. The highest BCUT2D eigenvalue weighted by atomic mass is 16.5. The summed E-state index contributed by atoms with van der Waals surface area (Å²) in [6.07, 6.45) is 3.21. The molecule has 7 heteroatoms. The minimum Gasteiger partial charge on any atom is -0.473 e. The number of ether oxygens (including phenoxy) is 2. The van der Waals surface area contributed by atoms with Gasteiger partial charge < -0.3 is 14.8 Å². The van der Waals surface area contributed by atoms with Crippen molar-refractivity contribution in [2.45, 2.75) is 32.6 Å². The molecule has 0 saturated heterocycles. The van der Waals surface area contributed by atoms with Crippen LogP contribution in [0.4, 0.5) is 0 Å². The molecular weight excluding hydrogens is 500 g/mol. The Hall–Kier alpha value is -4.62. The van der Waals surface area contributed by atoms with Crippen molar-refractivity contribution < 1.29 is 9.47 Å². The first-order valence-electron chi connectivity index (χ1n) is 13.6. The smallest absolute Gasteiger partial charge is 0.333 e. The van der Waals surface area contributed by atoms with Gasteiger partial charge in [0.2, 0.25) is 11.8 Å². The van der Waals surface area contributed by atoms with E-state index in [1.165, 1.54) is 5.57 Å². The number of fused-ring (bicyclic) bond motifs is 1. The minimum atomic E-state index is -0.163. The van der Waals surface area contributed by atoms with E-state index in [-0.39, 0.29) is 5.69 Å². The van der Waals surface area contributed by atoms with Gasteiger partial charge in [-0.1, -0.05) is 72.8 Å². The third-order valence-corrected chi connectivity index (χ3v) is 7.24. The number of aryl methyl sites for hydroxylation is 1. The highest BCUT2D eigenvalue weighted by Gasteiger charge is 2.20. The second kappa shape index (κ2) is 11.2. The Labute approximate surface area is 233 Å². The van der Waals surface area contributed by atoms with Crippen LogP contribution in [0.5, 0.6) is 11.8 Å². The van der Waals surface area contributed by atoms with Gasteiger partial charge in [-0.3, -0.25) is 9.13 Å². The van der Waals surface area contributed by atoms with Gasteiger partial charge in [0.15, 0.2) is 0 Å². The quantitative estimate of drug-likeness (QED) is 0.280. The van der Waals surface area contributed by atoms with E-state index in [0.29, 0.717) is 36.7 Å². The maximum atomic E-state index is 13.6. The Morgan fingerprint density at radius 1 is 0.875 bits per heavy atom. The Morgan fingerprint density at radius 2 is 1.57 bits per heavy atom. The van der Waals surface area contributed by atoms with Crippen molar-refractivity contribution in [3.63, 3.8) is 0 Å². The summed E-state index contributed by atoms with van der Waals surface area (Å²) in [6.45, 7) is 3.79. The molecule has 7 nitrogen and oxygen atoms in total. The highest BCUT2D eigenvalue weighted by Crippen LogP contribution is 2.30. The molecule has 40 heavy (non-hydrogen) atoms. The van der Waals surface area contributed by atoms with Crippen LogP contribution in [0.3, 0.4) is 0 Å². The van der Waals surface area contributed by atoms with Crippen LogP contribution in [-0.2, 0) is 20.3 Å². The van der Waals surface area contributed by atoms with Crippen LogP contribution in [-0.4, -0.2) is 26.7 Å². The number of aromatic nitrogens is 3. The fourth-order valence-electron chi connectivity index (χ4n) is 5.12. The Morgan fingerprint density at radius 3 is 2.27 bits per heavy atom. The van der Waals surface area contributed by atoms with Gasteiger partial charge in [0.25, 0.3) is 0 Å². The lowest BCUT2D eigenvalue weighted by Crippen LogP contribution is -2.29. The summed E-state index contributed by atoms with van der Waals surface area (Å²) in [5.74, 6) is 0.765. The van der Waals surface area contributed by atoms with Crippen LogP contribution >= 0.6 is 0 Å². The zero-order valence-corrected chi connectivity index (χ0v) is 22.7. The number of nitrogens with one attached hydrogen (secondary N) is 1. The van der Waals surface area contributed by atoms with Gasteiger partial charge in [-0.2, -0.15) is 4.98 Å². The van der Waals surface area contributed by atoms with Crippen molar-refractivity contribution in [2.24, 2.45) is 7.05 Å². The van der Waals surface area contributed by atoms with E-state index >= 15 is 0 Å². The van der Waals surface area contributed by atoms with Crippen molar-refractivity contribution in [3.8, 4) is 17.4 Å². The average molecular weight is 533 g/mol. The molecule has 1 atom stereocenters. The van der Waals surface area contributed by atoms with Gasteiger partial charge in [0.1, 0.15) is 18.9 Å². The van der Waals surface area contributed by atoms with Crippen LogP contribution in [0, 0.1) is 0 Å². The Balaban J connectivity index is 1.39. The summed E-state index contributed by atoms with van der Waals surface area (Å²) in [5, 5.41) is 3.45. The molecule has 6 rings (SSSR count). The van der Waals surface area contributed by atoms with E-state index in [4.69, 9.17) is 14.5 Å². The zero-order chi connectivity index (χ0) is 27.5. The lowest BCUT2D eigenvalue weighted by atomic mass is 9.97. The van der Waals surface area contributed by atoms with Crippen molar-refractivity contribution in [1.29, 1.82) is 0 Å². The normalized spacial score (nSPS) is 15.2. The Kier molecular flexibility index (Phi) is 7.21. The van der Waals surface area contributed by atoms with Gasteiger partial charge in [0, 0.05) is 19.2 Å². The summed E-state index contributed by atoms with van der Waals surface area (Å²) in [6, 6.07) is 30.0. The maximum absolute atomic E-state index is 13.6. The fraction of sp³-hybridized carbons (Fsp3) is 0.212. The van der Waals surface area contributed by atoms with E-state index < -0.39 is 0 Å². The third-order valence-electron chi connectivity index (χ3n) is 7.24. The van der Waals surface area contributed by atoms with Crippen molar-refractivity contribution >= 4 is 16.6 Å². The standard InChI is InChI=1S/C33H32N4O3/c1-23-19-27(17-18-34-23)26-13-14-28-30(20-26)36(2)33(38)37(28)29-15-16-31(39-21-24-9-5-3-6-10-24)35-32(29)40-22-25-11-7-4-8-12-25/h3-16,19-20,23,34H,17-18,21-22H2,1-2H3/t23-/m0/s1. The van der Waals surface area contributed by atoms with Gasteiger partial charge in [-0.15, -0.1) is 0 Å². The molecular formula is C33H32N4O3. The molecule has 0 bridgehead atoms. The fourth-order valence-corrected chi connectivity index (χ4v) is 5.12. The molecule has 202 valence electrons. The van der Waals surface area contributed by atoms with E-state index in [2.05, 4.69) is 30.4 Å². The van der Waals surface area contributed by atoms with Crippen molar-refractivity contribution in [1.82, 2.24) is 19.4 Å². The number of nitrogens with zero attached hydrogens (tertiary/aromatic N) is 3. The molecule has 5 aromatic rings. The molecule has 0 saturated carbocycles. The van der Waals surface area contributed by atoms with E-state index in [1.807, 2.05) is 72.8 Å². The first-order chi connectivity index (χ1) is 19.6. The van der Waals surface area contributed by atoms with Crippen LogP contribution < -0.4 is 20.5 Å². The van der Waals surface area contributed by atoms with E-state index in [9.17, 15) is 4.79 Å². The minimum absolute atomic E-state index is 0.163. The predicted molar refractivity (Wildman–Crippen MR) is 158 cm³/mol. The molecule has 1 aliphatic heterocycles. The predicted octanol–water partition coefficient (Wildman–Crippen LogP) is 5.65. The molecule has 3 aromatic carbocycles. The number of hydrogen-bond donors (Lipinski definition) is 1. The molecule has 3 heterocycles. The number of imidazole rings is 1. The van der Waals surface area contributed by atoms with Crippen LogP contribution in [0.25, 0.3) is 22.3 Å². The van der Waals surface area contributed by atoms with Crippen LogP contribution in [0.1, 0.15) is 30.0 Å². The monoisotopic (exact) mass is 532 g/mol. The van der Waals surface area contributed by atoms with Gasteiger partial charge in [0.05, 0.1) is 11.0 Å². The summed E-state index contributed by atoms with van der Waals surface area (Å²) in [4.78, 5) is 18.3. The Bertz CT molecular complexity index is 1720. The molecule has 2 aromatic heterocycles. The van der Waals surface area contributed by atoms with Crippen molar-refractivity contribution in [2.75, 3.05) is 6.54 Å². The summed E-state index contributed by atoms with van der Waals surface area (Å²) < 4.78 is 15.6. The molecule has 1 N–H and O–H groups in total. The summed E-state index contributed by atoms with van der Waals surface area (Å²) >= 11 is 0. The van der Waals surface area contributed by atoms with E-state index in [0.717, 1.165) is 40.7 Å². The zero-order valence-electron chi connectivity index (χ0n) is 22.7. The first kappa shape index (κ1) is 25.6. The molecule has 0 amide bonds. The molecule has 1 aliphatic rings. The molecule has 0 unspecified atom stereocenters. The second-order valence-corrected chi connectivity index (χ2v) is 10.1. The summed E-state index contributed by atoms with van der Waals surface area (Å²) in [7, 11) is 1.81. The number of pyridine rings is 1. The SMILES string of the molecule is C[C@H]1C=C(c2ccc3c(c2)n(C)c(=O)n3-c2ccc(OCc3ccccc3)nc2OCc2ccccc2)CCN1. The summed E-state index contributed by atoms with van der Waals surface area (Å²) in [5.41, 5.74) is 6.53. The van der Waals surface area contributed by atoms with Crippen LogP contribution in [0.15, 0.2) is 102 Å². The molecule has 0 spiro atoms. The number of benzene rings is 3.